The minimum Gasteiger partial charge on any atom is -0.297 e. The highest BCUT2D eigenvalue weighted by Gasteiger charge is 2.46. The van der Waals surface area contributed by atoms with Crippen molar-refractivity contribution in [2.45, 2.75) is 51.1 Å². The summed E-state index contributed by atoms with van der Waals surface area (Å²) in [7, 11) is 0. The van der Waals surface area contributed by atoms with Crippen LogP contribution in [0.1, 0.15) is 65.8 Å². The standard InChI is InChI=1S/C20H22FN3O4/c1-20(2,3)23-8-10(9-23)11-6-12-13(7-14(11)21)19(28)24(18(12)27)15-4-5-16(25)22-17(15)26/h6-7,10,15H,4-5,8-9H2,1-3H3,(H,22,25,26). The van der Waals surface area contributed by atoms with Gasteiger partial charge in [-0.05, 0) is 44.9 Å². The monoisotopic (exact) mass is 387 g/mol. The molecule has 7 nitrogen and oxygen atoms in total. The van der Waals surface area contributed by atoms with E-state index < -0.39 is 35.5 Å². The van der Waals surface area contributed by atoms with E-state index in [4.69, 9.17) is 0 Å². The van der Waals surface area contributed by atoms with Crippen LogP contribution in [0.15, 0.2) is 12.1 Å². The molecule has 0 bridgehead atoms. The molecule has 3 aliphatic rings. The van der Waals surface area contributed by atoms with E-state index in [9.17, 15) is 23.6 Å². The van der Waals surface area contributed by atoms with Gasteiger partial charge in [0.2, 0.25) is 11.8 Å². The molecule has 0 saturated carbocycles. The van der Waals surface area contributed by atoms with Crippen LogP contribution in [-0.4, -0.2) is 58.1 Å². The lowest BCUT2D eigenvalue weighted by atomic mass is 9.85. The predicted octanol–water partition coefficient (Wildman–Crippen LogP) is 1.42. The predicted molar refractivity (Wildman–Crippen MR) is 97.1 cm³/mol. The molecule has 0 aliphatic carbocycles. The molecule has 1 unspecified atom stereocenters. The molecule has 0 spiro atoms. The highest BCUT2D eigenvalue weighted by molar-refractivity contribution is 6.23. The van der Waals surface area contributed by atoms with Crippen molar-refractivity contribution in [3.63, 3.8) is 0 Å². The van der Waals surface area contributed by atoms with Gasteiger partial charge in [-0.2, -0.15) is 0 Å². The third-order valence-electron chi connectivity index (χ3n) is 5.83. The van der Waals surface area contributed by atoms with Gasteiger partial charge in [-0.25, -0.2) is 4.39 Å². The number of nitrogens with zero attached hydrogens (tertiary/aromatic N) is 2. The number of piperidine rings is 1. The normalized spacial score (nSPS) is 23.7. The van der Waals surface area contributed by atoms with E-state index in [1.165, 1.54) is 6.07 Å². The van der Waals surface area contributed by atoms with Crippen molar-refractivity contribution in [3.8, 4) is 0 Å². The van der Waals surface area contributed by atoms with E-state index in [1.54, 1.807) is 0 Å². The topological polar surface area (TPSA) is 86.8 Å². The number of carbonyl (C=O) groups excluding carboxylic acids is 4. The molecule has 1 aromatic carbocycles. The fraction of sp³-hybridized carbons (Fsp3) is 0.500. The maximum absolute atomic E-state index is 14.7. The molecule has 148 valence electrons. The first kappa shape index (κ1) is 18.7. The maximum atomic E-state index is 14.7. The second-order valence-electron chi connectivity index (χ2n) is 8.64. The zero-order chi connectivity index (χ0) is 20.4. The number of imide groups is 2. The fourth-order valence-corrected chi connectivity index (χ4v) is 4.04. The van der Waals surface area contributed by atoms with Crippen molar-refractivity contribution >= 4 is 23.6 Å². The van der Waals surface area contributed by atoms with Crippen LogP contribution in [0.3, 0.4) is 0 Å². The first-order valence-corrected chi connectivity index (χ1v) is 9.38. The quantitative estimate of drug-likeness (QED) is 0.776. The van der Waals surface area contributed by atoms with Crippen molar-refractivity contribution in [1.82, 2.24) is 15.1 Å². The number of amides is 4. The Bertz CT molecular complexity index is 915. The van der Waals surface area contributed by atoms with Crippen LogP contribution < -0.4 is 5.32 Å². The van der Waals surface area contributed by atoms with E-state index in [-0.39, 0.29) is 35.4 Å². The molecular formula is C20H22FN3O4. The van der Waals surface area contributed by atoms with E-state index >= 15 is 0 Å². The number of nitrogens with one attached hydrogen (secondary N) is 1. The molecular weight excluding hydrogens is 365 g/mol. The van der Waals surface area contributed by atoms with Crippen LogP contribution in [0.25, 0.3) is 0 Å². The van der Waals surface area contributed by atoms with Gasteiger partial charge in [0.05, 0.1) is 11.1 Å². The van der Waals surface area contributed by atoms with Crippen LogP contribution in [-0.2, 0) is 9.59 Å². The molecule has 28 heavy (non-hydrogen) atoms. The number of likely N-dealkylation sites (tertiary alicyclic amines) is 1. The van der Waals surface area contributed by atoms with Crippen molar-refractivity contribution in [3.05, 3.63) is 34.6 Å². The first-order chi connectivity index (χ1) is 13.1. The molecule has 1 atom stereocenters. The van der Waals surface area contributed by atoms with Gasteiger partial charge in [0.15, 0.2) is 0 Å². The number of rotatable bonds is 2. The molecule has 0 aromatic heterocycles. The van der Waals surface area contributed by atoms with Gasteiger partial charge < -0.3 is 0 Å². The SMILES string of the molecule is CC(C)(C)N1CC(c2cc3c(cc2F)C(=O)N(C2CCC(=O)NC2=O)C3=O)C1. The average Bonchev–Trinajstić information content (AvgIpc) is 2.77. The van der Waals surface area contributed by atoms with E-state index in [0.29, 0.717) is 18.7 Å². The Balaban J connectivity index is 1.61. The van der Waals surface area contributed by atoms with Crippen LogP contribution in [0.2, 0.25) is 0 Å². The Morgan fingerprint density at radius 1 is 1.04 bits per heavy atom. The Kier molecular flexibility index (Phi) is 4.15. The lowest BCUT2D eigenvalue weighted by Crippen LogP contribution is -2.54. The Labute approximate surface area is 161 Å². The highest BCUT2D eigenvalue weighted by atomic mass is 19.1. The van der Waals surface area contributed by atoms with Gasteiger partial charge >= 0.3 is 0 Å². The van der Waals surface area contributed by atoms with Crippen molar-refractivity contribution in [2.24, 2.45) is 0 Å². The van der Waals surface area contributed by atoms with Gasteiger partial charge in [-0.3, -0.25) is 34.3 Å². The number of hydrogen-bond donors (Lipinski definition) is 1. The number of carbonyl (C=O) groups is 4. The van der Waals surface area contributed by atoms with E-state index in [0.717, 1.165) is 11.0 Å². The molecule has 4 rings (SSSR count). The smallest absolute Gasteiger partial charge is 0.262 e. The Morgan fingerprint density at radius 2 is 1.64 bits per heavy atom. The summed E-state index contributed by atoms with van der Waals surface area (Å²) in [6, 6.07) is 1.52. The van der Waals surface area contributed by atoms with Crippen LogP contribution in [0.5, 0.6) is 0 Å². The van der Waals surface area contributed by atoms with Gasteiger partial charge in [-0.1, -0.05) is 0 Å². The average molecular weight is 387 g/mol. The van der Waals surface area contributed by atoms with Crippen molar-refractivity contribution in [1.29, 1.82) is 0 Å². The summed E-state index contributed by atoms with van der Waals surface area (Å²) in [5, 5.41) is 2.15. The molecule has 1 aromatic rings. The zero-order valence-corrected chi connectivity index (χ0v) is 16.0. The number of fused-ring (bicyclic) bond motifs is 1. The Hall–Kier alpha value is -2.61. The fourth-order valence-electron chi connectivity index (χ4n) is 4.04. The summed E-state index contributed by atoms with van der Waals surface area (Å²) in [5.41, 5.74) is 0.506. The second kappa shape index (κ2) is 6.20. The maximum Gasteiger partial charge on any atom is 0.262 e. The highest BCUT2D eigenvalue weighted by Crippen LogP contribution is 2.37. The summed E-state index contributed by atoms with van der Waals surface area (Å²) < 4.78 is 14.7. The van der Waals surface area contributed by atoms with Crippen LogP contribution >= 0.6 is 0 Å². The minimum atomic E-state index is -1.04. The molecule has 2 saturated heterocycles. The number of benzene rings is 1. The minimum absolute atomic E-state index is 0.0158. The van der Waals surface area contributed by atoms with Crippen LogP contribution in [0.4, 0.5) is 4.39 Å². The molecule has 3 aliphatic heterocycles. The summed E-state index contributed by atoms with van der Waals surface area (Å²) in [6.07, 6.45) is 0.128. The molecule has 2 fully saturated rings. The second-order valence-corrected chi connectivity index (χ2v) is 8.64. The molecule has 1 N–H and O–H groups in total. The number of halogens is 1. The zero-order valence-electron chi connectivity index (χ0n) is 16.0. The molecule has 0 radical (unpaired) electrons. The first-order valence-electron chi connectivity index (χ1n) is 9.38. The Morgan fingerprint density at radius 3 is 2.21 bits per heavy atom. The van der Waals surface area contributed by atoms with Gasteiger partial charge in [0, 0.05) is 31.0 Å². The van der Waals surface area contributed by atoms with Crippen molar-refractivity contribution < 1.29 is 23.6 Å². The van der Waals surface area contributed by atoms with E-state index in [1.807, 2.05) is 0 Å². The molecule has 3 heterocycles. The lowest BCUT2D eigenvalue weighted by molar-refractivity contribution is -0.136. The summed E-state index contributed by atoms with van der Waals surface area (Å²) in [5.74, 6) is -2.96. The van der Waals surface area contributed by atoms with Crippen LogP contribution in [0, 0.1) is 5.82 Å². The lowest BCUT2D eigenvalue weighted by Gasteiger charge is -2.48. The van der Waals surface area contributed by atoms with Gasteiger partial charge in [0.1, 0.15) is 11.9 Å². The van der Waals surface area contributed by atoms with E-state index in [2.05, 4.69) is 31.0 Å². The summed E-state index contributed by atoms with van der Waals surface area (Å²) >= 11 is 0. The largest absolute Gasteiger partial charge is 0.297 e. The molecule has 8 heteroatoms. The molecule has 4 amide bonds. The van der Waals surface area contributed by atoms with Gasteiger partial charge in [0.25, 0.3) is 11.8 Å². The third-order valence-corrected chi connectivity index (χ3v) is 5.83. The number of hydrogen-bond acceptors (Lipinski definition) is 5. The third kappa shape index (κ3) is 2.83. The summed E-state index contributed by atoms with van der Waals surface area (Å²) in [6.45, 7) is 7.61. The van der Waals surface area contributed by atoms with Crippen molar-refractivity contribution in [2.75, 3.05) is 13.1 Å². The summed E-state index contributed by atoms with van der Waals surface area (Å²) in [4.78, 5) is 52.1. The van der Waals surface area contributed by atoms with Gasteiger partial charge in [-0.15, -0.1) is 0 Å².